The van der Waals surface area contributed by atoms with E-state index in [0.717, 1.165) is 37.8 Å². The molecule has 0 spiro atoms. The summed E-state index contributed by atoms with van der Waals surface area (Å²) in [6.07, 6.45) is 2.34. The fourth-order valence-corrected chi connectivity index (χ4v) is 2.83. The highest BCUT2D eigenvalue weighted by Gasteiger charge is 2.25. The Morgan fingerprint density at radius 2 is 2.05 bits per heavy atom. The van der Waals surface area contributed by atoms with E-state index in [9.17, 15) is 0 Å². The summed E-state index contributed by atoms with van der Waals surface area (Å²) in [5.41, 5.74) is 2.68. The molecule has 4 heteroatoms. The third-order valence-electron chi connectivity index (χ3n) is 3.92. The quantitative estimate of drug-likeness (QED) is 0.860. The molecule has 0 amide bonds. The maximum atomic E-state index is 5.33. The molecular formula is C16H21N3O. The minimum Gasteiger partial charge on any atom is -0.339 e. The molecule has 1 atom stereocenters. The molecule has 1 aromatic carbocycles. The third kappa shape index (κ3) is 3.07. The van der Waals surface area contributed by atoms with E-state index in [-0.39, 0.29) is 0 Å². The molecule has 3 rings (SSSR count). The van der Waals surface area contributed by atoms with Crippen molar-refractivity contribution in [3.8, 4) is 0 Å². The van der Waals surface area contributed by atoms with Crippen molar-refractivity contribution in [3.05, 3.63) is 47.1 Å². The SMILES string of the molecule is Cc1ccc(CN2CCCC(c3nc(C)no3)C2)cc1. The molecule has 0 N–H and O–H groups in total. The summed E-state index contributed by atoms with van der Waals surface area (Å²) in [5, 5.41) is 3.91. The van der Waals surface area contributed by atoms with Gasteiger partial charge in [0.15, 0.2) is 5.82 Å². The molecule has 0 aliphatic carbocycles. The van der Waals surface area contributed by atoms with Crippen LogP contribution in [0.2, 0.25) is 0 Å². The molecule has 20 heavy (non-hydrogen) atoms. The van der Waals surface area contributed by atoms with Crippen LogP contribution in [0.1, 0.15) is 41.6 Å². The number of hydrogen-bond donors (Lipinski definition) is 0. The number of piperidine rings is 1. The molecule has 0 saturated carbocycles. The normalized spacial score (nSPS) is 20.2. The standard InChI is InChI=1S/C16H21N3O/c1-12-5-7-14(8-6-12)10-19-9-3-4-15(11-19)16-17-13(2)18-20-16/h5-8,15H,3-4,9-11H2,1-2H3. The second-order valence-electron chi connectivity index (χ2n) is 5.74. The Bertz CT molecular complexity index is 561. The minimum atomic E-state index is 0.385. The van der Waals surface area contributed by atoms with Crippen molar-refractivity contribution in [2.75, 3.05) is 13.1 Å². The van der Waals surface area contributed by atoms with Gasteiger partial charge in [-0.15, -0.1) is 0 Å². The van der Waals surface area contributed by atoms with Crippen molar-refractivity contribution in [3.63, 3.8) is 0 Å². The van der Waals surface area contributed by atoms with E-state index < -0.39 is 0 Å². The van der Waals surface area contributed by atoms with E-state index in [1.54, 1.807) is 0 Å². The number of aryl methyl sites for hydroxylation is 2. The number of rotatable bonds is 3. The van der Waals surface area contributed by atoms with Crippen LogP contribution in [-0.4, -0.2) is 28.1 Å². The lowest BCUT2D eigenvalue weighted by Crippen LogP contribution is -2.34. The third-order valence-corrected chi connectivity index (χ3v) is 3.92. The van der Waals surface area contributed by atoms with E-state index in [1.165, 1.54) is 17.5 Å². The molecule has 1 aliphatic heterocycles. The van der Waals surface area contributed by atoms with Gasteiger partial charge < -0.3 is 4.52 Å². The van der Waals surface area contributed by atoms with Gasteiger partial charge in [0.2, 0.25) is 5.89 Å². The smallest absolute Gasteiger partial charge is 0.231 e. The maximum Gasteiger partial charge on any atom is 0.231 e. The van der Waals surface area contributed by atoms with Gasteiger partial charge in [0.25, 0.3) is 0 Å². The van der Waals surface area contributed by atoms with E-state index in [0.29, 0.717) is 5.92 Å². The van der Waals surface area contributed by atoms with Gasteiger partial charge in [-0.1, -0.05) is 35.0 Å². The first-order chi connectivity index (χ1) is 9.70. The topological polar surface area (TPSA) is 42.2 Å². The fourth-order valence-electron chi connectivity index (χ4n) is 2.83. The first-order valence-electron chi connectivity index (χ1n) is 7.29. The van der Waals surface area contributed by atoms with Crippen LogP contribution in [0.5, 0.6) is 0 Å². The predicted molar refractivity (Wildman–Crippen MR) is 77.5 cm³/mol. The summed E-state index contributed by atoms with van der Waals surface area (Å²) in [4.78, 5) is 6.87. The van der Waals surface area contributed by atoms with Crippen LogP contribution in [0.4, 0.5) is 0 Å². The minimum absolute atomic E-state index is 0.385. The number of nitrogens with zero attached hydrogens (tertiary/aromatic N) is 3. The second kappa shape index (κ2) is 5.75. The molecule has 1 aliphatic rings. The van der Waals surface area contributed by atoms with Crippen molar-refractivity contribution in [2.45, 2.75) is 39.2 Å². The van der Waals surface area contributed by atoms with Crippen LogP contribution >= 0.6 is 0 Å². The van der Waals surface area contributed by atoms with Crippen LogP contribution in [0.25, 0.3) is 0 Å². The Hall–Kier alpha value is -1.68. The summed E-state index contributed by atoms with van der Waals surface area (Å²) in [6, 6.07) is 8.79. The molecule has 2 aromatic rings. The number of benzene rings is 1. The molecule has 1 fully saturated rings. The molecule has 1 unspecified atom stereocenters. The van der Waals surface area contributed by atoms with Crippen molar-refractivity contribution >= 4 is 0 Å². The summed E-state index contributed by atoms with van der Waals surface area (Å²) in [7, 11) is 0. The Balaban J connectivity index is 1.64. The zero-order valence-electron chi connectivity index (χ0n) is 12.2. The summed E-state index contributed by atoms with van der Waals surface area (Å²) in [5.74, 6) is 1.92. The molecule has 2 heterocycles. The highest BCUT2D eigenvalue weighted by atomic mass is 16.5. The predicted octanol–water partition coefficient (Wildman–Crippen LogP) is 3.07. The first kappa shape index (κ1) is 13.3. The highest BCUT2D eigenvalue weighted by Crippen LogP contribution is 2.26. The van der Waals surface area contributed by atoms with E-state index >= 15 is 0 Å². The molecule has 106 valence electrons. The number of aromatic nitrogens is 2. The molecule has 1 saturated heterocycles. The lowest BCUT2D eigenvalue weighted by atomic mass is 9.97. The van der Waals surface area contributed by atoms with Gasteiger partial charge in [-0.25, -0.2) is 0 Å². The Kier molecular flexibility index (Phi) is 3.83. The van der Waals surface area contributed by atoms with Crippen molar-refractivity contribution in [1.29, 1.82) is 0 Å². The average Bonchev–Trinajstić information content (AvgIpc) is 2.89. The zero-order valence-corrected chi connectivity index (χ0v) is 12.2. The molecular weight excluding hydrogens is 250 g/mol. The van der Waals surface area contributed by atoms with Crippen molar-refractivity contribution in [1.82, 2.24) is 15.0 Å². The molecule has 4 nitrogen and oxygen atoms in total. The summed E-state index contributed by atoms with van der Waals surface area (Å²) in [6.45, 7) is 7.16. The lowest BCUT2D eigenvalue weighted by Gasteiger charge is -2.30. The highest BCUT2D eigenvalue weighted by molar-refractivity contribution is 5.21. The Morgan fingerprint density at radius 3 is 2.75 bits per heavy atom. The van der Waals surface area contributed by atoms with E-state index in [4.69, 9.17) is 4.52 Å². The molecule has 0 bridgehead atoms. The van der Waals surface area contributed by atoms with Crippen LogP contribution in [0.3, 0.4) is 0 Å². The van der Waals surface area contributed by atoms with Gasteiger partial charge in [-0.2, -0.15) is 4.98 Å². The van der Waals surface area contributed by atoms with E-state index in [1.807, 2.05) is 6.92 Å². The second-order valence-corrected chi connectivity index (χ2v) is 5.74. The van der Waals surface area contributed by atoms with Crippen LogP contribution < -0.4 is 0 Å². The summed E-state index contributed by atoms with van der Waals surface area (Å²) < 4.78 is 5.33. The number of likely N-dealkylation sites (tertiary alicyclic amines) is 1. The lowest BCUT2D eigenvalue weighted by molar-refractivity contribution is 0.180. The summed E-state index contributed by atoms with van der Waals surface area (Å²) >= 11 is 0. The fraction of sp³-hybridized carbons (Fsp3) is 0.500. The zero-order chi connectivity index (χ0) is 13.9. The van der Waals surface area contributed by atoms with Gasteiger partial charge in [0.1, 0.15) is 0 Å². The monoisotopic (exact) mass is 271 g/mol. The maximum absolute atomic E-state index is 5.33. The van der Waals surface area contributed by atoms with Gasteiger partial charge in [-0.3, -0.25) is 4.90 Å². The van der Waals surface area contributed by atoms with Gasteiger partial charge in [0.05, 0.1) is 5.92 Å². The van der Waals surface area contributed by atoms with Gasteiger partial charge >= 0.3 is 0 Å². The number of hydrogen-bond acceptors (Lipinski definition) is 4. The van der Waals surface area contributed by atoms with Gasteiger partial charge in [0, 0.05) is 13.1 Å². The molecule has 0 radical (unpaired) electrons. The van der Waals surface area contributed by atoms with Crippen molar-refractivity contribution in [2.24, 2.45) is 0 Å². The van der Waals surface area contributed by atoms with Crippen LogP contribution in [-0.2, 0) is 6.54 Å². The van der Waals surface area contributed by atoms with Crippen LogP contribution in [0, 0.1) is 13.8 Å². The Labute approximate surface area is 119 Å². The largest absolute Gasteiger partial charge is 0.339 e. The van der Waals surface area contributed by atoms with Crippen LogP contribution in [0.15, 0.2) is 28.8 Å². The average molecular weight is 271 g/mol. The van der Waals surface area contributed by atoms with Crippen molar-refractivity contribution < 1.29 is 4.52 Å². The Morgan fingerprint density at radius 1 is 1.25 bits per heavy atom. The molecule has 1 aromatic heterocycles. The van der Waals surface area contributed by atoms with E-state index in [2.05, 4.69) is 46.2 Å². The first-order valence-corrected chi connectivity index (χ1v) is 7.29. The van der Waals surface area contributed by atoms with Gasteiger partial charge in [-0.05, 0) is 38.8 Å².